The molecule has 66 valence electrons. The van der Waals surface area contributed by atoms with Crippen LogP contribution in [0.4, 0.5) is 0 Å². The van der Waals surface area contributed by atoms with Crippen molar-refractivity contribution in [2.24, 2.45) is 0 Å². The van der Waals surface area contributed by atoms with Crippen molar-refractivity contribution in [3.05, 3.63) is 23.2 Å². The number of ether oxygens (including phenoxy) is 1. The second-order valence-electron chi connectivity index (χ2n) is 2.01. The number of benzene rings is 1. The summed E-state index contributed by atoms with van der Waals surface area (Å²) in [6.07, 6.45) is 0. The van der Waals surface area contributed by atoms with E-state index in [1.165, 1.54) is 13.2 Å². The molecule has 0 heterocycles. The average Bonchev–Trinajstić information content (AvgIpc) is 2.03. The molecule has 0 aliphatic carbocycles. The molecule has 12 heavy (non-hydrogen) atoms. The van der Waals surface area contributed by atoms with E-state index in [0.29, 0.717) is 5.02 Å². The van der Waals surface area contributed by atoms with Crippen LogP contribution in [0.5, 0.6) is 5.75 Å². The van der Waals surface area contributed by atoms with Gasteiger partial charge in [-0.15, -0.1) is 0 Å². The quantitative estimate of drug-likeness (QED) is 0.689. The summed E-state index contributed by atoms with van der Waals surface area (Å²) < 4.78 is 26.0. The predicted molar refractivity (Wildman–Crippen MR) is 45.2 cm³/mol. The van der Waals surface area contributed by atoms with E-state index in [4.69, 9.17) is 16.3 Å². The third-order valence-electron chi connectivity index (χ3n) is 1.31. The molecule has 3 nitrogen and oxygen atoms in total. The van der Waals surface area contributed by atoms with Crippen LogP contribution in [0.15, 0.2) is 23.1 Å². The minimum Gasteiger partial charge on any atom is -0.768 e. The van der Waals surface area contributed by atoms with E-state index >= 15 is 0 Å². The Morgan fingerprint density at radius 3 is 2.67 bits per heavy atom. The topological polar surface area (TPSA) is 49.4 Å². The number of hydrogen-bond donors (Lipinski definition) is 0. The highest BCUT2D eigenvalue weighted by Gasteiger charge is 2.06. The van der Waals surface area contributed by atoms with Crippen LogP contribution in [0.1, 0.15) is 0 Å². The molecule has 5 heteroatoms. The van der Waals surface area contributed by atoms with Crippen molar-refractivity contribution >= 4 is 22.7 Å². The summed E-state index contributed by atoms with van der Waals surface area (Å²) in [5.41, 5.74) is 0. The van der Waals surface area contributed by atoms with E-state index in [0.717, 1.165) is 0 Å². The number of para-hydroxylation sites is 1. The molecule has 0 aliphatic rings. The molecule has 1 rings (SSSR count). The van der Waals surface area contributed by atoms with Gasteiger partial charge in [0.15, 0.2) is 5.75 Å². The van der Waals surface area contributed by atoms with Crippen molar-refractivity contribution in [3.63, 3.8) is 0 Å². The summed E-state index contributed by atoms with van der Waals surface area (Å²) in [5, 5.41) is 0.291. The van der Waals surface area contributed by atoms with E-state index < -0.39 is 11.1 Å². The average molecular weight is 206 g/mol. The van der Waals surface area contributed by atoms with Crippen LogP contribution < -0.4 is 4.74 Å². The molecular weight excluding hydrogens is 200 g/mol. The van der Waals surface area contributed by atoms with Gasteiger partial charge >= 0.3 is 0 Å². The minimum absolute atomic E-state index is 0.0741. The molecule has 0 radical (unpaired) electrons. The lowest BCUT2D eigenvalue weighted by Crippen LogP contribution is -1.94. The van der Waals surface area contributed by atoms with Gasteiger partial charge in [0, 0.05) is 0 Å². The second-order valence-corrected chi connectivity index (χ2v) is 3.32. The molecule has 1 aromatic carbocycles. The van der Waals surface area contributed by atoms with Crippen molar-refractivity contribution in [2.75, 3.05) is 7.11 Å². The molecule has 1 atom stereocenters. The summed E-state index contributed by atoms with van der Waals surface area (Å²) >= 11 is 3.37. The molecule has 0 fully saturated rings. The third kappa shape index (κ3) is 1.77. The zero-order valence-corrected chi connectivity index (χ0v) is 7.82. The van der Waals surface area contributed by atoms with Gasteiger partial charge in [0.1, 0.15) is 0 Å². The maximum Gasteiger partial charge on any atom is 0.152 e. The highest BCUT2D eigenvalue weighted by molar-refractivity contribution is 7.79. The lowest BCUT2D eigenvalue weighted by Gasteiger charge is -2.11. The zero-order valence-electron chi connectivity index (χ0n) is 6.24. The fraction of sp³-hybridized carbons (Fsp3) is 0.143. The van der Waals surface area contributed by atoms with Crippen molar-refractivity contribution < 1.29 is 13.5 Å². The predicted octanol–water partition coefficient (Wildman–Crippen LogP) is 1.59. The molecule has 0 aromatic heterocycles. The van der Waals surface area contributed by atoms with Gasteiger partial charge in [-0.25, -0.2) is 0 Å². The smallest absolute Gasteiger partial charge is 0.152 e. The van der Waals surface area contributed by atoms with Crippen LogP contribution >= 0.6 is 11.6 Å². The fourth-order valence-electron chi connectivity index (χ4n) is 0.818. The molecule has 0 bridgehead atoms. The highest BCUT2D eigenvalue weighted by atomic mass is 35.5. The van der Waals surface area contributed by atoms with E-state index in [-0.39, 0.29) is 10.6 Å². The summed E-state index contributed by atoms with van der Waals surface area (Å²) in [4.78, 5) is 0.0741. The number of methoxy groups -OCH3 is 1. The Kier molecular flexibility index (Phi) is 3.08. The van der Waals surface area contributed by atoms with Crippen LogP contribution in [0.25, 0.3) is 0 Å². The normalized spacial score (nSPS) is 12.6. The lowest BCUT2D eigenvalue weighted by molar-refractivity contribution is 0.401. The van der Waals surface area contributed by atoms with Crippen molar-refractivity contribution in [3.8, 4) is 5.75 Å². The van der Waals surface area contributed by atoms with E-state index in [9.17, 15) is 8.76 Å². The Balaban J connectivity index is 3.27. The van der Waals surface area contributed by atoms with Gasteiger partial charge in [0.25, 0.3) is 0 Å². The second kappa shape index (κ2) is 3.89. The first-order chi connectivity index (χ1) is 5.66. The zero-order chi connectivity index (χ0) is 9.14. The molecule has 0 saturated carbocycles. The Bertz CT molecular complexity index is 314. The highest BCUT2D eigenvalue weighted by Crippen LogP contribution is 2.29. The molecule has 0 saturated heterocycles. The number of halogens is 1. The molecule has 0 N–H and O–H groups in total. The van der Waals surface area contributed by atoms with Gasteiger partial charge in [-0.3, -0.25) is 4.21 Å². The first-order valence-corrected chi connectivity index (χ1v) is 4.54. The van der Waals surface area contributed by atoms with E-state index in [1.54, 1.807) is 12.1 Å². The molecule has 1 aromatic rings. The Morgan fingerprint density at radius 1 is 1.58 bits per heavy atom. The van der Waals surface area contributed by atoms with Crippen molar-refractivity contribution in [1.29, 1.82) is 0 Å². The lowest BCUT2D eigenvalue weighted by atomic mass is 10.3. The minimum atomic E-state index is -2.31. The molecule has 0 aliphatic heterocycles. The van der Waals surface area contributed by atoms with Crippen LogP contribution in [-0.2, 0) is 11.1 Å². The summed E-state index contributed by atoms with van der Waals surface area (Å²) in [5.74, 6) is 0.188. The number of rotatable bonds is 2. The van der Waals surface area contributed by atoms with Gasteiger partial charge in [-0.05, 0) is 23.2 Å². The summed E-state index contributed by atoms with van der Waals surface area (Å²) in [7, 11) is 1.37. The van der Waals surface area contributed by atoms with Crippen molar-refractivity contribution in [2.45, 2.75) is 4.90 Å². The maximum absolute atomic E-state index is 10.6. The third-order valence-corrected chi connectivity index (χ3v) is 2.29. The molecular formula is C7H6ClO3S-. The SMILES string of the molecule is COc1c(Cl)cccc1S(=O)[O-]. The van der Waals surface area contributed by atoms with Crippen LogP contribution in [0.3, 0.4) is 0 Å². The monoisotopic (exact) mass is 205 g/mol. The van der Waals surface area contributed by atoms with Crippen LogP contribution in [0.2, 0.25) is 5.02 Å². The van der Waals surface area contributed by atoms with Gasteiger partial charge < -0.3 is 9.29 Å². The van der Waals surface area contributed by atoms with E-state index in [1.807, 2.05) is 0 Å². The van der Waals surface area contributed by atoms with Gasteiger partial charge in [0.05, 0.1) is 17.0 Å². The standard InChI is InChI=1S/C7H7ClO3S/c1-11-7-5(8)3-2-4-6(7)12(9)10/h2-4H,1H3,(H,9,10)/p-1. The number of hydrogen-bond acceptors (Lipinski definition) is 3. The Hall–Kier alpha value is -0.580. The van der Waals surface area contributed by atoms with Gasteiger partial charge in [-0.1, -0.05) is 17.7 Å². The fourth-order valence-corrected chi connectivity index (χ4v) is 1.66. The van der Waals surface area contributed by atoms with Crippen molar-refractivity contribution in [1.82, 2.24) is 0 Å². The Morgan fingerprint density at radius 2 is 2.25 bits per heavy atom. The summed E-state index contributed by atoms with van der Waals surface area (Å²) in [6.45, 7) is 0. The van der Waals surface area contributed by atoms with Crippen LogP contribution in [0, 0.1) is 0 Å². The maximum atomic E-state index is 10.6. The molecule has 1 unspecified atom stereocenters. The van der Waals surface area contributed by atoms with Crippen LogP contribution in [-0.4, -0.2) is 15.9 Å². The largest absolute Gasteiger partial charge is 0.768 e. The van der Waals surface area contributed by atoms with E-state index in [2.05, 4.69) is 0 Å². The van der Waals surface area contributed by atoms with Gasteiger partial charge in [-0.2, -0.15) is 0 Å². The first kappa shape index (κ1) is 9.51. The first-order valence-electron chi connectivity index (χ1n) is 3.08. The molecule has 0 amide bonds. The summed E-state index contributed by atoms with van der Waals surface area (Å²) in [6, 6.07) is 4.54. The molecule has 0 spiro atoms. The van der Waals surface area contributed by atoms with Gasteiger partial charge in [0.2, 0.25) is 0 Å². The Labute approximate surface area is 77.6 Å².